The Kier molecular flexibility index (Phi) is 7.64. The number of alkyl halides is 3. The third-order valence-corrected chi connectivity index (χ3v) is 6.02. The van der Waals surface area contributed by atoms with Crippen LogP contribution in [0.1, 0.15) is 38.2 Å². The highest BCUT2D eigenvalue weighted by molar-refractivity contribution is 7.89. The minimum absolute atomic E-state index is 0.0248. The van der Waals surface area contributed by atoms with E-state index < -0.39 is 51.7 Å². The number of amides is 1. The van der Waals surface area contributed by atoms with Crippen molar-refractivity contribution in [3.63, 3.8) is 0 Å². The first kappa shape index (κ1) is 23.1. The van der Waals surface area contributed by atoms with E-state index in [2.05, 4.69) is 12.2 Å². The Bertz CT molecular complexity index is 834. The number of ether oxygens (including phenoxy) is 1. The molecule has 2 N–H and O–H groups in total. The van der Waals surface area contributed by atoms with E-state index in [0.717, 1.165) is 43.9 Å². The summed E-state index contributed by atoms with van der Waals surface area (Å²) in [4.78, 5) is 22.9. The van der Waals surface area contributed by atoms with Crippen molar-refractivity contribution in [2.75, 3.05) is 13.2 Å². The smallest absolute Gasteiger partial charge is 0.416 e. The zero-order chi connectivity index (χ0) is 21.7. The molecule has 1 saturated carbocycles. The van der Waals surface area contributed by atoms with Gasteiger partial charge < -0.3 is 10.1 Å². The largest absolute Gasteiger partial charge is 0.455 e. The number of benzene rings is 1. The number of hydrogen-bond acceptors (Lipinski definition) is 5. The lowest BCUT2D eigenvalue weighted by Gasteiger charge is -2.26. The maximum atomic E-state index is 12.7. The summed E-state index contributed by atoms with van der Waals surface area (Å²) in [5, 5.41) is 2.75. The van der Waals surface area contributed by atoms with E-state index in [4.69, 9.17) is 4.74 Å². The minimum Gasteiger partial charge on any atom is -0.455 e. The first-order valence-electron chi connectivity index (χ1n) is 9.09. The molecule has 1 aliphatic carbocycles. The van der Waals surface area contributed by atoms with Crippen molar-refractivity contribution in [1.29, 1.82) is 0 Å². The molecule has 1 amide bonds. The molecule has 1 aliphatic rings. The van der Waals surface area contributed by atoms with Crippen molar-refractivity contribution < 1.29 is 35.9 Å². The molecule has 0 radical (unpaired) electrons. The number of hydrogen-bond donors (Lipinski definition) is 2. The SMILES string of the molecule is CC1CCC(NC(=O)COC(=O)CNS(=O)(=O)c2cccc(C(F)(F)F)c2)CC1. The molecular formula is C18H23F3N2O5S. The summed E-state index contributed by atoms with van der Waals surface area (Å²) < 4.78 is 68.9. The Hall–Kier alpha value is -2.14. The van der Waals surface area contributed by atoms with Crippen LogP contribution in [0.25, 0.3) is 0 Å². The van der Waals surface area contributed by atoms with E-state index in [1.54, 1.807) is 0 Å². The van der Waals surface area contributed by atoms with Gasteiger partial charge in [0.25, 0.3) is 5.91 Å². The molecule has 1 fully saturated rings. The number of carbonyl (C=O) groups is 2. The molecule has 0 heterocycles. The summed E-state index contributed by atoms with van der Waals surface area (Å²) in [5.74, 6) is -0.891. The average Bonchev–Trinajstić information content (AvgIpc) is 2.66. The molecule has 1 aromatic rings. The van der Waals surface area contributed by atoms with Crippen molar-refractivity contribution in [2.45, 2.75) is 49.7 Å². The van der Waals surface area contributed by atoms with Crippen LogP contribution in [-0.4, -0.2) is 39.5 Å². The predicted molar refractivity (Wildman–Crippen MR) is 97.2 cm³/mol. The predicted octanol–water partition coefficient (Wildman–Crippen LogP) is 2.22. The van der Waals surface area contributed by atoms with Crippen LogP contribution in [0.4, 0.5) is 13.2 Å². The molecule has 0 saturated heterocycles. The lowest BCUT2D eigenvalue weighted by molar-refractivity contribution is -0.147. The third-order valence-electron chi connectivity index (χ3n) is 4.62. The fourth-order valence-electron chi connectivity index (χ4n) is 2.95. The number of halogens is 3. The quantitative estimate of drug-likeness (QED) is 0.639. The molecular weight excluding hydrogens is 413 g/mol. The van der Waals surface area contributed by atoms with Crippen LogP contribution in [0.3, 0.4) is 0 Å². The van der Waals surface area contributed by atoms with Gasteiger partial charge in [-0.15, -0.1) is 0 Å². The van der Waals surface area contributed by atoms with Gasteiger partial charge in [0.15, 0.2) is 6.61 Å². The van der Waals surface area contributed by atoms with Gasteiger partial charge in [-0.2, -0.15) is 17.9 Å². The van der Waals surface area contributed by atoms with Gasteiger partial charge in [0, 0.05) is 6.04 Å². The molecule has 0 aromatic heterocycles. The van der Waals surface area contributed by atoms with E-state index in [9.17, 15) is 31.2 Å². The number of carbonyl (C=O) groups excluding carboxylic acids is 2. The summed E-state index contributed by atoms with van der Waals surface area (Å²) in [6, 6.07) is 3.15. The number of rotatable bonds is 7. The maximum Gasteiger partial charge on any atom is 0.416 e. The third kappa shape index (κ3) is 7.32. The Balaban J connectivity index is 1.80. The minimum atomic E-state index is -4.70. The molecule has 0 spiro atoms. The van der Waals surface area contributed by atoms with Gasteiger partial charge in [-0.25, -0.2) is 8.42 Å². The molecule has 0 unspecified atom stereocenters. The summed E-state index contributed by atoms with van der Waals surface area (Å²) in [5.41, 5.74) is -1.13. The molecule has 0 aliphatic heterocycles. The lowest BCUT2D eigenvalue weighted by Crippen LogP contribution is -2.40. The van der Waals surface area contributed by atoms with E-state index in [0.29, 0.717) is 12.0 Å². The molecule has 11 heteroatoms. The first-order valence-corrected chi connectivity index (χ1v) is 10.6. The highest BCUT2D eigenvalue weighted by atomic mass is 32.2. The highest BCUT2D eigenvalue weighted by Crippen LogP contribution is 2.30. The number of nitrogens with one attached hydrogen (secondary N) is 2. The average molecular weight is 436 g/mol. The summed E-state index contributed by atoms with van der Waals surface area (Å²) in [6.45, 7) is 0.767. The zero-order valence-electron chi connectivity index (χ0n) is 15.8. The molecule has 2 rings (SSSR count). The summed E-state index contributed by atoms with van der Waals surface area (Å²) >= 11 is 0. The van der Waals surface area contributed by atoms with Crippen LogP contribution < -0.4 is 10.0 Å². The van der Waals surface area contributed by atoms with E-state index in [1.807, 2.05) is 4.72 Å². The van der Waals surface area contributed by atoms with Crippen LogP contribution in [0, 0.1) is 5.92 Å². The first-order chi connectivity index (χ1) is 13.5. The zero-order valence-corrected chi connectivity index (χ0v) is 16.6. The fourth-order valence-corrected chi connectivity index (χ4v) is 3.96. The van der Waals surface area contributed by atoms with Crippen LogP contribution in [0.15, 0.2) is 29.2 Å². The monoisotopic (exact) mass is 436 g/mol. The van der Waals surface area contributed by atoms with E-state index in [-0.39, 0.29) is 6.04 Å². The highest BCUT2D eigenvalue weighted by Gasteiger charge is 2.31. The normalized spacial score (nSPS) is 20.1. The second kappa shape index (κ2) is 9.57. The maximum absolute atomic E-state index is 12.7. The van der Waals surface area contributed by atoms with Gasteiger partial charge >= 0.3 is 12.1 Å². The van der Waals surface area contributed by atoms with Crippen LogP contribution in [-0.2, 0) is 30.5 Å². The van der Waals surface area contributed by atoms with Gasteiger partial charge in [-0.1, -0.05) is 13.0 Å². The van der Waals surface area contributed by atoms with Gasteiger partial charge in [0.05, 0.1) is 10.5 Å². The van der Waals surface area contributed by atoms with Crippen molar-refractivity contribution in [3.05, 3.63) is 29.8 Å². The summed E-state index contributed by atoms with van der Waals surface area (Å²) in [7, 11) is -4.36. The topological polar surface area (TPSA) is 102 Å². The van der Waals surface area contributed by atoms with Gasteiger partial charge in [0.2, 0.25) is 10.0 Å². The Labute approximate surface area is 167 Å². The van der Waals surface area contributed by atoms with E-state index >= 15 is 0 Å². The van der Waals surface area contributed by atoms with Crippen LogP contribution in [0.2, 0.25) is 0 Å². The lowest BCUT2D eigenvalue weighted by atomic mass is 9.87. The molecule has 162 valence electrons. The van der Waals surface area contributed by atoms with Gasteiger partial charge in [0.1, 0.15) is 6.54 Å². The van der Waals surface area contributed by atoms with Crippen molar-refractivity contribution in [2.24, 2.45) is 5.92 Å². The number of sulfonamides is 1. The van der Waals surface area contributed by atoms with Crippen molar-refractivity contribution >= 4 is 21.9 Å². The van der Waals surface area contributed by atoms with E-state index in [1.165, 1.54) is 0 Å². The fraction of sp³-hybridized carbons (Fsp3) is 0.556. The van der Waals surface area contributed by atoms with Crippen molar-refractivity contribution in [3.8, 4) is 0 Å². The molecule has 29 heavy (non-hydrogen) atoms. The molecule has 1 aromatic carbocycles. The van der Waals surface area contributed by atoms with Crippen LogP contribution in [0.5, 0.6) is 0 Å². The Morgan fingerprint density at radius 2 is 1.83 bits per heavy atom. The standard InChI is InChI=1S/C18H23F3N2O5S/c1-12-5-7-14(8-6-12)23-16(24)11-28-17(25)10-22-29(26,27)15-4-2-3-13(9-15)18(19,20)21/h2-4,9,12,14,22H,5-8,10-11H2,1H3,(H,23,24). The number of esters is 1. The molecule has 0 atom stereocenters. The van der Waals surface area contributed by atoms with Crippen molar-refractivity contribution in [1.82, 2.24) is 10.0 Å². The van der Waals surface area contributed by atoms with Gasteiger partial charge in [-0.3, -0.25) is 9.59 Å². The molecule has 7 nitrogen and oxygen atoms in total. The van der Waals surface area contributed by atoms with Crippen LogP contribution >= 0.6 is 0 Å². The molecule has 0 bridgehead atoms. The van der Waals surface area contributed by atoms with Gasteiger partial charge in [-0.05, 0) is 49.8 Å². The Morgan fingerprint density at radius 3 is 2.45 bits per heavy atom. The summed E-state index contributed by atoms with van der Waals surface area (Å²) in [6.07, 6.45) is -1.01. The second-order valence-electron chi connectivity index (χ2n) is 7.04. The second-order valence-corrected chi connectivity index (χ2v) is 8.80. The Morgan fingerprint density at radius 1 is 1.17 bits per heavy atom.